The van der Waals surface area contributed by atoms with Gasteiger partial charge in [0.15, 0.2) is 11.5 Å². The van der Waals surface area contributed by atoms with E-state index < -0.39 is 11.4 Å². The SMILES string of the molecule is CCOc1ccccc1OCCCC(=O)NCC(C)(C)C(=O)O. The highest BCUT2D eigenvalue weighted by molar-refractivity contribution is 5.78. The molecule has 0 fully saturated rings. The van der Waals surface area contributed by atoms with E-state index in [2.05, 4.69) is 5.32 Å². The van der Waals surface area contributed by atoms with Gasteiger partial charge in [-0.3, -0.25) is 9.59 Å². The van der Waals surface area contributed by atoms with Gasteiger partial charge in [0.05, 0.1) is 18.6 Å². The van der Waals surface area contributed by atoms with Gasteiger partial charge >= 0.3 is 5.97 Å². The van der Waals surface area contributed by atoms with E-state index in [1.165, 1.54) is 0 Å². The second kappa shape index (κ2) is 9.02. The van der Waals surface area contributed by atoms with E-state index >= 15 is 0 Å². The lowest BCUT2D eigenvalue weighted by atomic mass is 9.94. The molecule has 0 aliphatic rings. The molecule has 0 unspecified atom stereocenters. The summed E-state index contributed by atoms with van der Waals surface area (Å²) in [6.45, 7) is 6.10. The Labute approximate surface area is 136 Å². The first-order valence-electron chi connectivity index (χ1n) is 7.71. The molecule has 1 amide bonds. The number of carbonyl (C=O) groups is 2. The van der Waals surface area contributed by atoms with Crippen LogP contribution in [0.5, 0.6) is 11.5 Å². The summed E-state index contributed by atoms with van der Waals surface area (Å²) in [7, 11) is 0. The minimum atomic E-state index is -0.970. The van der Waals surface area contributed by atoms with Crippen molar-refractivity contribution in [1.82, 2.24) is 5.32 Å². The van der Waals surface area contributed by atoms with Gasteiger partial charge in [-0.2, -0.15) is 0 Å². The molecule has 0 saturated carbocycles. The van der Waals surface area contributed by atoms with Gasteiger partial charge in [0.1, 0.15) is 0 Å². The minimum absolute atomic E-state index is 0.106. The molecule has 0 aliphatic carbocycles. The standard InChI is InChI=1S/C17H25NO5/c1-4-22-13-8-5-6-9-14(13)23-11-7-10-15(19)18-12-17(2,3)16(20)21/h5-6,8-9H,4,7,10-12H2,1-3H3,(H,18,19)(H,20,21). The normalized spacial score (nSPS) is 10.9. The molecule has 6 nitrogen and oxygen atoms in total. The molecule has 6 heteroatoms. The number of ether oxygens (including phenoxy) is 2. The molecule has 0 aromatic heterocycles. The number of amides is 1. The second-order valence-corrected chi connectivity index (χ2v) is 5.80. The highest BCUT2D eigenvalue weighted by Crippen LogP contribution is 2.26. The second-order valence-electron chi connectivity index (χ2n) is 5.80. The number of rotatable bonds is 10. The lowest BCUT2D eigenvalue weighted by Crippen LogP contribution is -2.38. The molecule has 0 heterocycles. The third kappa shape index (κ3) is 6.59. The van der Waals surface area contributed by atoms with E-state index in [-0.39, 0.29) is 18.9 Å². The Balaban J connectivity index is 2.30. The number of carbonyl (C=O) groups excluding carboxylic acids is 1. The molecule has 1 rings (SSSR count). The van der Waals surface area contributed by atoms with Crippen molar-refractivity contribution in [2.75, 3.05) is 19.8 Å². The number of carboxylic acids is 1. The Morgan fingerprint density at radius 1 is 1.17 bits per heavy atom. The zero-order valence-electron chi connectivity index (χ0n) is 13.9. The van der Waals surface area contributed by atoms with Crippen molar-refractivity contribution in [3.8, 4) is 11.5 Å². The molecule has 0 saturated heterocycles. The number of benzene rings is 1. The molecule has 1 aromatic rings. The molecule has 23 heavy (non-hydrogen) atoms. The molecule has 0 radical (unpaired) electrons. The van der Waals surface area contributed by atoms with Gasteiger partial charge in [-0.25, -0.2) is 0 Å². The van der Waals surface area contributed by atoms with Crippen LogP contribution in [-0.4, -0.2) is 36.7 Å². The zero-order chi connectivity index (χ0) is 17.3. The minimum Gasteiger partial charge on any atom is -0.490 e. The van der Waals surface area contributed by atoms with Gasteiger partial charge in [-0.1, -0.05) is 12.1 Å². The predicted octanol–water partition coefficient (Wildman–Crippen LogP) is 2.47. The molecule has 2 N–H and O–H groups in total. The van der Waals surface area contributed by atoms with Crippen LogP contribution >= 0.6 is 0 Å². The fourth-order valence-electron chi connectivity index (χ4n) is 1.74. The van der Waals surface area contributed by atoms with E-state index in [0.29, 0.717) is 31.1 Å². The van der Waals surface area contributed by atoms with Crippen LogP contribution in [0.2, 0.25) is 0 Å². The van der Waals surface area contributed by atoms with Crippen molar-refractivity contribution in [2.45, 2.75) is 33.6 Å². The summed E-state index contributed by atoms with van der Waals surface area (Å²) in [5.74, 6) is 0.221. The maximum Gasteiger partial charge on any atom is 0.310 e. The quantitative estimate of drug-likeness (QED) is 0.646. The van der Waals surface area contributed by atoms with E-state index in [9.17, 15) is 9.59 Å². The molecular formula is C17H25NO5. The van der Waals surface area contributed by atoms with Gasteiger partial charge in [0.25, 0.3) is 0 Å². The van der Waals surface area contributed by atoms with Crippen LogP contribution < -0.4 is 14.8 Å². The monoisotopic (exact) mass is 323 g/mol. The first kappa shape index (κ1) is 18.8. The van der Waals surface area contributed by atoms with Gasteiger partial charge in [0.2, 0.25) is 5.91 Å². The molecule has 0 bridgehead atoms. The van der Waals surface area contributed by atoms with Crippen molar-refractivity contribution in [3.05, 3.63) is 24.3 Å². The van der Waals surface area contributed by atoms with Crippen LogP contribution in [0.25, 0.3) is 0 Å². The Bertz CT molecular complexity index is 527. The van der Waals surface area contributed by atoms with E-state index in [1.807, 2.05) is 31.2 Å². The molecule has 1 aromatic carbocycles. The highest BCUT2D eigenvalue weighted by Gasteiger charge is 2.27. The summed E-state index contributed by atoms with van der Waals surface area (Å²) in [5, 5.41) is 11.6. The average molecular weight is 323 g/mol. The van der Waals surface area contributed by atoms with Crippen LogP contribution in [-0.2, 0) is 9.59 Å². The van der Waals surface area contributed by atoms with Crippen molar-refractivity contribution in [2.24, 2.45) is 5.41 Å². The van der Waals surface area contributed by atoms with Gasteiger partial charge in [-0.15, -0.1) is 0 Å². The Kier molecular flexibility index (Phi) is 7.38. The summed E-state index contributed by atoms with van der Waals surface area (Å²) in [4.78, 5) is 22.7. The molecule has 0 atom stereocenters. The third-order valence-corrected chi connectivity index (χ3v) is 3.26. The summed E-state index contributed by atoms with van der Waals surface area (Å²) in [6, 6.07) is 7.38. The van der Waals surface area contributed by atoms with Crippen LogP contribution in [0, 0.1) is 5.41 Å². The fourth-order valence-corrected chi connectivity index (χ4v) is 1.74. The Hall–Kier alpha value is -2.24. The number of aliphatic carboxylic acids is 1. The summed E-state index contributed by atoms with van der Waals surface area (Å²) in [6.07, 6.45) is 0.826. The summed E-state index contributed by atoms with van der Waals surface area (Å²) >= 11 is 0. The zero-order valence-corrected chi connectivity index (χ0v) is 13.9. The van der Waals surface area contributed by atoms with Crippen LogP contribution in [0.4, 0.5) is 0 Å². The maximum absolute atomic E-state index is 11.7. The third-order valence-electron chi connectivity index (χ3n) is 3.26. The molecule has 128 valence electrons. The number of hydrogen-bond acceptors (Lipinski definition) is 4. The number of carboxylic acid groups (broad SMARTS) is 1. The van der Waals surface area contributed by atoms with E-state index in [4.69, 9.17) is 14.6 Å². The van der Waals surface area contributed by atoms with Gasteiger partial charge < -0.3 is 19.9 Å². The van der Waals surface area contributed by atoms with Crippen molar-refractivity contribution in [3.63, 3.8) is 0 Å². The van der Waals surface area contributed by atoms with Crippen molar-refractivity contribution < 1.29 is 24.2 Å². The number of para-hydroxylation sites is 2. The first-order valence-corrected chi connectivity index (χ1v) is 7.71. The van der Waals surface area contributed by atoms with Crippen molar-refractivity contribution in [1.29, 1.82) is 0 Å². The van der Waals surface area contributed by atoms with Crippen LogP contribution in [0.1, 0.15) is 33.6 Å². The van der Waals surface area contributed by atoms with Crippen LogP contribution in [0.15, 0.2) is 24.3 Å². The first-order chi connectivity index (χ1) is 10.9. The topological polar surface area (TPSA) is 84.9 Å². The maximum atomic E-state index is 11.7. The fraction of sp³-hybridized carbons (Fsp3) is 0.529. The molecular weight excluding hydrogens is 298 g/mol. The van der Waals surface area contributed by atoms with Crippen LogP contribution in [0.3, 0.4) is 0 Å². The van der Waals surface area contributed by atoms with Gasteiger partial charge in [0, 0.05) is 13.0 Å². The smallest absolute Gasteiger partial charge is 0.310 e. The lowest BCUT2D eigenvalue weighted by molar-refractivity contribution is -0.146. The van der Waals surface area contributed by atoms with E-state index in [1.54, 1.807) is 13.8 Å². The summed E-state index contributed by atoms with van der Waals surface area (Å²) < 4.78 is 11.1. The predicted molar refractivity (Wildman–Crippen MR) is 86.8 cm³/mol. The molecule has 0 spiro atoms. The van der Waals surface area contributed by atoms with Gasteiger partial charge in [-0.05, 0) is 39.3 Å². The lowest BCUT2D eigenvalue weighted by Gasteiger charge is -2.19. The highest BCUT2D eigenvalue weighted by atomic mass is 16.5. The van der Waals surface area contributed by atoms with Crippen molar-refractivity contribution >= 4 is 11.9 Å². The van der Waals surface area contributed by atoms with E-state index in [0.717, 1.165) is 0 Å². The summed E-state index contributed by atoms with van der Waals surface area (Å²) in [5.41, 5.74) is -0.970. The Morgan fingerprint density at radius 2 is 1.78 bits per heavy atom. The number of nitrogens with one attached hydrogen (secondary N) is 1. The number of hydrogen-bond donors (Lipinski definition) is 2. The molecule has 0 aliphatic heterocycles. The average Bonchev–Trinajstić information content (AvgIpc) is 2.51. The largest absolute Gasteiger partial charge is 0.490 e. The Morgan fingerprint density at radius 3 is 2.35 bits per heavy atom.